The molecule has 1 heterocycles. The van der Waals surface area contributed by atoms with E-state index in [2.05, 4.69) is 34.0 Å². The fourth-order valence-corrected chi connectivity index (χ4v) is 3.44. The smallest absolute Gasteiger partial charge is 0.372 e. The summed E-state index contributed by atoms with van der Waals surface area (Å²) in [5.74, 6) is 0. The van der Waals surface area contributed by atoms with E-state index in [-0.39, 0.29) is 10.6 Å². The predicted octanol–water partition coefficient (Wildman–Crippen LogP) is 6.58. The Labute approximate surface area is 153 Å². The molecular formula is C18H17F3N4S. The van der Waals surface area contributed by atoms with Gasteiger partial charge in [0.1, 0.15) is 0 Å². The van der Waals surface area contributed by atoms with E-state index in [0.29, 0.717) is 10.4 Å². The van der Waals surface area contributed by atoms with Crippen molar-refractivity contribution in [3.05, 3.63) is 48.0 Å². The number of fused-ring (bicyclic) bond motifs is 1. The second-order valence-electron chi connectivity index (χ2n) is 5.54. The molecule has 1 aromatic heterocycles. The Kier molecular flexibility index (Phi) is 5.22. The second kappa shape index (κ2) is 7.41. The Hall–Kier alpha value is -2.48. The monoisotopic (exact) mass is 378 g/mol. The maximum Gasteiger partial charge on any atom is 0.418 e. The molecule has 0 atom stereocenters. The van der Waals surface area contributed by atoms with Gasteiger partial charge in [-0.2, -0.15) is 13.2 Å². The van der Waals surface area contributed by atoms with E-state index >= 15 is 0 Å². The molecule has 0 saturated heterocycles. The van der Waals surface area contributed by atoms with Crippen LogP contribution in [-0.4, -0.2) is 18.1 Å². The van der Waals surface area contributed by atoms with Gasteiger partial charge in [-0.25, -0.2) is 4.98 Å². The largest absolute Gasteiger partial charge is 0.418 e. The summed E-state index contributed by atoms with van der Waals surface area (Å²) in [6, 6.07) is 11.5. The van der Waals surface area contributed by atoms with Crippen LogP contribution in [0.15, 0.2) is 52.7 Å². The number of aromatic nitrogens is 1. The minimum absolute atomic E-state index is 0.0872. The molecule has 0 aliphatic heterocycles. The molecule has 136 valence electrons. The third-order valence-corrected chi connectivity index (χ3v) is 4.85. The molecule has 0 aliphatic rings. The minimum Gasteiger partial charge on any atom is -0.372 e. The molecule has 0 aliphatic carbocycles. The van der Waals surface area contributed by atoms with Gasteiger partial charge < -0.3 is 4.90 Å². The molecule has 0 radical (unpaired) electrons. The number of hydrogen-bond donors (Lipinski definition) is 0. The maximum absolute atomic E-state index is 13.0. The fraction of sp³-hybridized carbons (Fsp3) is 0.278. The molecule has 0 fully saturated rings. The van der Waals surface area contributed by atoms with Gasteiger partial charge in [-0.1, -0.05) is 17.4 Å². The first-order valence-electron chi connectivity index (χ1n) is 8.16. The van der Waals surface area contributed by atoms with E-state index in [1.165, 1.54) is 6.07 Å². The summed E-state index contributed by atoms with van der Waals surface area (Å²) < 4.78 is 39.6. The summed E-state index contributed by atoms with van der Waals surface area (Å²) in [5, 5.41) is 8.29. The van der Waals surface area contributed by atoms with E-state index in [1.54, 1.807) is 6.07 Å². The molecule has 0 saturated carbocycles. The lowest BCUT2D eigenvalue weighted by Crippen LogP contribution is -2.21. The maximum atomic E-state index is 13.0. The zero-order valence-electron chi connectivity index (χ0n) is 14.3. The quantitative estimate of drug-likeness (QED) is 0.471. The van der Waals surface area contributed by atoms with Crippen molar-refractivity contribution in [1.29, 1.82) is 0 Å². The molecule has 3 rings (SSSR count). The van der Waals surface area contributed by atoms with Gasteiger partial charge in [-0.3, -0.25) is 0 Å². The zero-order valence-corrected chi connectivity index (χ0v) is 15.1. The van der Waals surface area contributed by atoms with Crippen LogP contribution in [0.1, 0.15) is 19.4 Å². The molecule has 0 unspecified atom stereocenters. The van der Waals surface area contributed by atoms with E-state index in [1.807, 2.05) is 24.3 Å². The van der Waals surface area contributed by atoms with Gasteiger partial charge in [0.25, 0.3) is 0 Å². The highest BCUT2D eigenvalue weighted by Crippen LogP contribution is 2.38. The van der Waals surface area contributed by atoms with Crippen LogP contribution in [0, 0.1) is 0 Å². The van der Waals surface area contributed by atoms with E-state index in [9.17, 15) is 13.2 Å². The van der Waals surface area contributed by atoms with Crippen LogP contribution in [0.2, 0.25) is 0 Å². The first-order valence-corrected chi connectivity index (χ1v) is 8.97. The van der Waals surface area contributed by atoms with Crippen molar-refractivity contribution < 1.29 is 13.2 Å². The first kappa shape index (κ1) is 18.3. The van der Waals surface area contributed by atoms with Crippen molar-refractivity contribution in [2.75, 3.05) is 18.0 Å². The van der Waals surface area contributed by atoms with Crippen molar-refractivity contribution in [2.45, 2.75) is 20.0 Å². The van der Waals surface area contributed by atoms with E-state index < -0.39 is 11.7 Å². The van der Waals surface area contributed by atoms with Crippen LogP contribution in [0.25, 0.3) is 10.2 Å². The molecule has 8 heteroatoms. The van der Waals surface area contributed by atoms with Crippen LogP contribution in [-0.2, 0) is 6.18 Å². The van der Waals surface area contributed by atoms with Gasteiger partial charge in [0.2, 0.25) is 5.13 Å². The Morgan fingerprint density at radius 1 is 1.00 bits per heavy atom. The average molecular weight is 378 g/mol. The van der Waals surface area contributed by atoms with Crippen LogP contribution < -0.4 is 4.90 Å². The number of hydrogen-bond acceptors (Lipinski definition) is 5. The van der Waals surface area contributed by atoms with Gasteiger partial charge >= 0.3 is 6.18 Å². The number of benzene rings is 2. The number of anilines is 1. The molecule has 4 nitrogen and oxygen atoms in total. The molecular weight excluding hydrogens is 361 g/mol. The normalized spacial score (nSPS) is 12.2. The van der Waals surface area contributed by atoms with Gasteiger partial charge in [0, 0.05) is 18.8 Å². The molecule has 3 aromatic rings. The molecule has 0 amide bonds. The van der Waals surface area contributed by atoms with Crippen molar-refractivity contribution in [3.63, 3.8) is 0 Å². The average Bonchev–Trinajstić information content (AvgIpc) is 3.04. The molecule has 0 N–H and O–H groups in total. The summed E-state index contributed by atoms with van der Waals surface area (Å²) >= 11 is 1.08. The predicted molar refractivity (Wildman–Crippen MR) is 98.8 cm³/mol. The van der Waals surface area contributed by atoms with Crippen molar-refractivity contribution in [1.82, 2.24) is 4.98 Å². The first-order chi connectivity index (χ1) is 12.4. The Bertz CT molecular complexity index is 912. The third kappa shape index (κ3) is 3.85. The third-order valence-electron chi connectivity index (χ3n) is 3.94. The molecule has 0 spiro atoms. The standard InChI is InChI=1S/C18H17F3N4S/c1-3-25(4-2)13-10-8-12(9-11-13)23-24-17-22-16-14(18(19,20)21)6-5-7-15(16)26-17/h5-11H,3-4H2,1-2H3. The van der Waals surface area contributed by atoms with Crippen molar-refractivity contribution >= 4 is 38.1 Å². The number of rotatable bonds is 5. The number of alkyl halides is 3. The van der Waals surface area contributed by atoms with Crippen LogP contribution in [0.3, 0.4) is 0 Å². The lowest BCUT2D eigenvalue weighted by Gasteiger charge is -2.20. The van der Waals surface area contributed by atoms with Gasteiger partial charge in [0.05, 0.1) is 21.5 Å². The lowest BCUT2D eigenvalue weighted by atomic mass is 10.2. The highest BCUT2D eigenvalue weighted by Gasteiger charge is 2.33. The highest BCUT2D eigenvalue weighted by atomic mass is 32.1. The van der Waals surface area contributed by atoms with Crippen LogP contribution in [0.5, 0.6) is 0 Å². The Balaban J connectivity index is 1.85. The number of thiazole rings is 1. The fourth-order valence-electron chi connectivity index (χ4n) is 2.63. The summed E-state index contributed by atoms with van der Waals surface area (Å²) in [4.78, 5) is 6.20. The Morgan fingerprint density at radius 3 is 2.31 bits per heavy atom. The summed E-state index contributed by atoms with van der Waals surface area (Å²) in [6.45, 7) is 5.98. The van der Waals surface area contributed by atoms with Gasteiger partial charge in [-0.15, -0.1) is 10.2 Å². The molecule has 26 heavy (non-hydrogen) atoms. The van der Waals surface area contributed by atoms with Crippen molar-refractivity contribution in [3.8, 4) is 0 Å². The summed E-state index contributed by atoms with van der Waals surface area (Å²) in [6.07, 6.45) is -4.44. The SMILES string of the molecule is CCN(CC)c1ccc(N=Nc2nc3c(C(F)(F)F)cccc3s2)cc1. The van der Waals surface area contributed by atoms with Gasteiger partial charge in [0.15, 0.2) is 0 Å². The summed E-state index contributed by atoms with van der Waals surface area (Å²) in [7, 11) is 0. The van der Waals surface area contributed by atoms with E-state index in [0.717, 1.165) is 36.2 Å². The van der Waals surface area contributed by atoms with Crippen LogP contribution in [0.4, 0.5) is 29.7 Å². The Morgan fingerprint density at radius 2 is 1.69 bits per heavy atom. The second-order valence-corrected chi connectivity index (χ2v) is 6.54. The lowest BCUT2D eigenvalue weighted by molar-refractivity contribution is -0.136. The molecule has 2 aromatic carbocycles. The van der Waals surface area contributed by atoms with E-state index in [4.69, 9.17) is 0 Å². The topological polar surface area (TPSA) is 40.9 Å². The number of para-hydroxylation sites is 1. The highest BCUT2D eigenvalue weighted by molar-refractivity contribution is 7.21. The number of azo groups is 1. The van der Waals surface area contributed by atoms with Gasteiger partial charge in [-0.05, 0) is 50.2 Å². The number of halogens is 3. The zero-order chi connectivity index (χ0) is 18.7. The minimum atomic E-state index is -4.44. The molecule has 0 bridgehead atoms. The number of nitrogens with zero attached hydrogens (tertiary/aromatic N) is 4. The summed E-state index contributed by atoms with van der Waals surface area (Å²) in [5.41, 5.74) is 0.868. The van der Waals surface area contributed by atoms with Crippen LogP contribution >= 0.6 is 11.3 Å². The van der Waals surface area contributed by atoms with Crippen molar-refractivity contribution in [2.24, 2.45) is 10.2 Å².